The summed E-state index contributed by atoms with van der Waals surface area (Å²) in [4.78, 5) is 0. The normalized spacial score (nSPS) is 10.9. The second-order valence-corrected chi connectivity index (χ2v) is 4.74. The van der Waals surface area contributed by atoms with E-state index in [4.69, 9.17) is 0 Å². The Morgan fingerprint density at radius 3 is 2.70 bits per heavy atom. The van der Waals surface area contributed by atoms with Gasteiger partial charge < -0.3 is 5.32 Å². The fraction of sp³-hybridized carbons (Fsp3) is 0.267. The smallest absolute Gasteiger partial charge is 0.162 e. The molecule has 0 saturated heterocycles. The van der Waals surface area contributed by atoms with Gasteiger partial charge in [-0.15, -0.1) is 5.10 Å². The number of hydrogen-bond donors (Lipinski definition) is 1. The van der Waals surface area contributed by atoms with Gasteiger partial charge in [-0.2, -0.15) is 10.2 Å². The Hall–Kier alpha value is -2.43. The highest BCUT2D eigenvalue weighted by Gasteiger charge is 2.08. The van der Waals surface area contributed by atoms with E-state index in [0.29, 0.717) is 0 Å². The Morgan fingerprint density at radius 2 is 1.90 bits per heavy atom. The van der Waals surface area contributed by atoms with Crippen molar-refractivity contribution in [1.29, 1.82) is 0 Å². The molecule has 0 aliphatic heterocycles. The maximum absolute atomic E-state index is 4.31. The molecule has 20 heavy (non-hydrogen) atoms. The lowest BCUT2D eigenvalue weighted by Gasteiger charge is -2.10. The maximum atomic E-state index is 4.31. The first-order valence-corrected chi connectivity index (χ1v) is 6.80. The molecular weight excluding hydrogens is 250 g/mol. The molecule has 0 amide bonds. The van der Waals surface area contributed by atoms with Gasteiger partial charge in [0.15, 0.2) is 5.82 Å². The van der Waals surface area contributed by atoms with Gasteiger partial charge in [-0.1, -0.05) is 31.2 Å². The monoisotopic (exact) mass is 267 g/mol. The first-order chi connectivity index (χ1) is 9.79. The fourth-order valence-corrected chi connectivity index (χ4v) is 2.28. The van der Waals surface area contributed by atoms with Crippen LogP contribution in [0.3, 0.4) is 0 Å². The fourth-order valence-electron chi connectivity index (χ4n) is 2.28. The largest absolute Gasteiger partial charge is 0.323 e. The number of nitrogens with zero attached hydrogens (tertiary/aromatic N) is 4. The number of aryl methyl sites for hydroxylation is 2. The van der Waals surface area contributed by atoms with E-state index in [9.17, 15) is 0 Å². The van der Waals surface area contributed by atoms with Crippen molar-refractivity contribution in [3.8, 4) is 0 Å². The third-order valence-corrected chi connectivity index (χ3v) is 3.27. The number of benzene rings is 1. The number of hydrogen-bond acceptors (Lipinski definition) is 4. The first kappa shape index (κ1) is 12.6. The van der Waals surface area contributed by atoms with Gasteiger partial charge in [0, 0.05) is 23.4 Å². The van der Waals surface area contributed by atoms with Crippen LogP contribution in [0, 0.1) is 6.92 Å². The second kappa shape index (κ2) is 5.28. The van der Waals surface area contributed by atoms with Gasteiger partial charge in [-0.05, 0) is 13.3 Å². The standard InChI is InChI=1S/C15H17N5/c1-3-10-20-14(8-9-16-20)17-15-13-7-5-4-6-12(13)11(2)18-19-15/h4-9H,3,10H2,1-2H3,(H,17,19). The third-order valence-electron chi connectivity index (χ3n) is 3.27. The molecule has 0 aliphatic carbocycles. The summed E-state index contributed by atoms with van der Waals surface area (Å²) in [7, 11) is 0. The van der Waals surface area contributed by atoms with Gasteiger partial charge in [0.1, 0.15) is 5.82 Å². The lowest BCUT2D eigenvalue weighted by molar-refractivity contribution is 0.610. The predicted octanol–water partition coefficient (Wildman–Crippen LogP) is 3.29. The number of rotatable bonds is 4. The van der Waals surface area contributed by atoms with E-state index in [1.165, 1.54) is 0 Å². The summed E-state index contributed by atoms with van der Waals surface area (Å²) in [5.41, 5.74) is 0.938. The zero-order valence-corrected chi connectivity index (χ0v) is 11.7. The number of fused-ring (bicyclic) bond motifs is 1. The molecule has 0 unspecified atom stereocenters. The van der Waals surface area contributed by atoms with Crippen LogP contribution in [-0.4, -0.2) is 20.0 Å². The van der Waals surface area contributed by atoms with E-state index in [2.05, 4.69) is 39.7 Å². The Balaban J connectivity index is 2.03. The van der Waals surface area contributed by atoms with Gasteiger partial charge in [0.05, 0.1) is 11.9 Å². The third kappa shape index (κ3) is 2.22. The van der Waals surface area contributed by atoms with Crippen molar-refractivity contribution in [2.75, 3.05) is 5.32 Å². The minimum atomic E-state index is 0.768. The molecule has 3 aromatic rings. The van der Waals surface area contributed by atoms with Crippen LogP contribution in [0.4, 0.5) is 11.6 Å². The van der Waals surface area contributed by atoms with Crippen molar-refractivity contribution in [3.63, 3.8) is 0 Å². The molecule has 0 spiro atoms. The number of nitrogens with one attached hydrogen (secondary N) is 1. The van der Waals surface area contributed by atoms with Crippen molar-refractivity contribution in [3.05, 3.63) is 42.2 Å². The first-order valence-electron chi connectivity index (χ1n) is 6.80. The SMILES string of the molecule is CCCn1nccc1Nc1nnc(C)c2ccccc12. The topological polar surface area (TPSA) is 55.6 Å². The number of aromatic nitrogens is 4. The second-order valence-electron chi connectivity index (χ2n) is 4.74. The van der Waals surface area contributed by atoms with Crippen LogP contribution >= 0.6 is 0 Å². The average molecular weight is 267 g/mol. The molecule has 102 valence electrons. The molecule has 5 nitrogen and oxygen atoms in total. The minimum Gasteiger partial charge on any atom is -0.323 e. The van der Waals surface area contributed by atoms with Crippen molar-refractivity contribution in [2.24, 2.45) is 0 Å². The summed E-state index contributed by atoms with van der Waals surface area (Å²) in [6.07, 6.45) is 2.83. The zero-order chi connectivity index (χ0) is 13.9. The van der Waals surface area contributed by atoms with Gasteiger partial charge in [-0.25, -0.2) is 4.68 Å². The van der Waals surface area contributed by atoms with Gasteiger partial charge in [-0.3, -0.25) is 0 Å². The molecule has 2 aromatic heterocycles. The quantitative estimate of drug-likeness (QED) is 0.788. The Bertz CT molecular complexity index is 732. The van der Waals surface area contributed by atoms with E-state index in [1.807, 2.05) is 29.8 Å². The highest BCUT2D eigenvalue weighted by atomic mass is 15.3. The summed E-state index contributed by atoms with van der Waals surface area (Å²) >= 11 is 0. The summed E-state index contributed by atoms with van der Waals surface area (Å²) in [6, 6.07) is 10.1. The lowest BCUT2D eigenvalue weighted by Crippen LogP contribution is -2.06. The van der Waals surface area contributed by atoms with Crippen molar-refractivity contribution < 1.29 is 0 Å². The summed E-state index contributed by atoms with van der Waals surface area (Å²) in [5, 5.41) is 18.3. The Labute approximate surface area is 117 Å². The highest BCUT2D eigenvalue weighted by molar-refractivity contribution is 5.93. The van der Waals surface area contributed by atoms with E-state index in [1.54, 1.807) is 6.20 Å². The van der Waals surface area contributed by atoms with E-state index >= 15 is 0 Å². The molecule has 0 atom stereocenters. The zero-order valence-electron chi connectivity index (χ0n) is 11.7. The van der Waals surface area contributed by atoms with Gasteiger partial charge >= 0.3 is 0 Å². The molecular formula is C15H17N5. The molecule has 1 aromatic carbocycles. The van der Waals surface area contributed by atoms with Gasteiger partial charge in [0.2, 0.25) is 0 Å². The summed E-state index contributed by atoms with van der Waals surface area (Å²) in [5.74, 6) is 1.71. The lowest BCUT2D eigenvalue weighted by atomic mass is 10.1. The Morgan fingerprint density at radius 1 is 1.10 bits per heavy atom. The minimum absolute atomic E-state index is 0.768. The average Bonchev–Trinajstić information content (AvgIpc) is 2.90. The summed E-state index contributed by atoms with van der Waals surface area (Å²) < 4.78 is 1.94. The van der Waals surface area contributed by atoms with Crippen LogP contribution < -0.4 is 5.32 Å². The molecule has 5 heteroatoms. The number of anilines is 2. The molecule has 2 heterocycles. The highest BCUT2D eigenvalue weighted by Crippen LogP contribution is 2.25. The van der Waals surface area contributed by atoms with Crippen LogP contribution in [0.25, 0.3) is 10.8 Å². The van der Waals surface area contributed by atoms with Crippen LogP contribution in [-0.2, 0) is 6.54 Å². The maximum Gasteiger partial charge on any atom is 0.162 e. The van der Waals surface area contributed by atoms with Gasteiger partial charge in [0.25, 0.3) is 0 Å². The van der Waals surface area contributed by atoms with E-state index < -0.39 is 0 Å². The van der Waals surface area contributed by atoms with Crippen molar-refractivity contribution in [1.82, 2.24) is 20.0 Å². The molecule has 0 radical (unpaired) electrons. The van der Waals surface area contributed by atoms with Crippen LogP contribution in [0.5, 0.6) is 0 Å². The summed E-state index contributed by atoms with van der Waals surface area (Å²) in [6.45, 7) is 4.99. The van der Waals surface area contributed by atoms with E-state index in [-0.39, 0.29) is 0 Å². The van der Waals surface area contributed by atoms with Crippen LogP contribution in [0.1, 0.15) is 19.0 Å². The predicted molar refractivity (Wildman–Crippen MR) is 80.1 cm³/mol. The molecule has 1 N–H and O–H groups in total. The molecule has 0 aliphatic rings. The molecule has 0 saturated carbocycles. The van der Waals surface area contributed by atoms with Crippen LogP contribution in [0.2, 0.25) is 0 Å². The molecule has 0 bridgehead atoms. The Kier molecular flexibility index (Phi) is 3.33. The van der Waals surface area contributed by atoms with Crippen LogP contribution in [0.15, 0.2) is 36.5 Å². The molecule has 3 rings (SSSR count). The molecule has 0 fully saturated rings. The van der Waals surface area contributed by atoms with E-state index in [0.717, 1.165) is 41.1 Å². The van der Waals surface area contributed by atoms with Crippen molar-refractivity contribution >= 4 is 22.4 Å². The van der Waals surface area contributed by atoms with Crippen molar-refractivity contribution in [2.45, 2.75) is 26.8 Å².